The number of anilines is 1. The van der Waals surface area contributed by atoms with Gasteiger partial charge in [0.2, 0.25) is 0 Å². The Morgan fingerprint density at radius 2 is 1.53 bits per heavy atom. The summed E-state index contributed by atoms with van der Waals surface area (Å²) in [7, 11) is 1.73. The highest BCUT2D eigenvalue weighted by atomic mass is 16.5. The maximum absolute atomic E-state index is 10.7. The second-order valence-corrected chi connectivity index (χ2v) is 9.04. The number of ether oxygens (including phenoxy) is 1. The monoisotopic (exact) mass is 411 g/mol. The molecule has 1 aromatic carbocycles. The van der Waals surface area contributed by atoms with Crippen LogP contribution in [0.15, 0.2) is 24.3 Å². The molecule has 1 saturated carbocycles. The van der Waals surface area contributed by atoms with Crippen molar-refractivity contribution in [2.75, 3.05) is 44.7 Å². The summed E-state index contributed by atoms with van der Waals surface area (Å²) in [6.45, 7) is 5.88. The van der Waals surface area contributed by atoms with Crippen LogP contribution in [0.3, 0.4) is 0 Å². The molecule has 1 aliphatic heterocycles. The Bertz CT molecular complexity index is 868. The summed E-state index contributed by atoms with van der Waals surface area (Å²) in [6.07, 6.45) is 5.48. The molecular weight excluding hydrogens is 378 g/mol. The van der Waals surface area contributed by atoms with E-state index >= 15 is 0 Å². The second-order valence-electron chi connectivity index (χ2n) is 9.04. The van der Waals surface area contributed by atoms with E-state index in [1.54, 1.807) is 11.7 Å². The van der Waals surface area contributed by atoms with Crippen molar-refractivity contribution in [1.82, 2.24) is 9.47 Å². The van der Waals surface area contributed by atoms with Crippen LogP contribution in [0.25, 0.3) is 0 Å². The fourth-order valence-electron chi connectivity index (χ4n) is 5.86. The third-order valence-electron chi connectivity index (χ3n) is 7.44. The van der Waals surface area contributed by atoms with E-state index in [9.17, 15) is 10.2 Å². The molecule has 1 aromatic heterocycles. The minimum absolute atomic E-state index is 0.333. The van der Waals surface area contributed by atoms with Gasteiger partial charge < -0.3 is 19.8 Å². The highest BCUT2D eigenvalue weighted by molar-refractivity contribution is 5.58. The van der Waals surface area contributed by atoms with E-state index < -0.39 is 0 Å². The molecule has 6 nitrogen and oxygen atoms in total. The van der Waals surface area contributed by atoms with Crippen molar-refractivity contribution in [2.45, 2.75) is 50.5 Å². The molecule has 1 saturated heterocycles. The first-order valence-electron chi connectivity index (χ1n) is 11.4. The molecule has 162 valence electrons. The standard InChI is InChI=1S/C24H33N3O3/c1-30-20-7-3-2-6-19(20)26-14-12-25(13-15-26)10-4-5-11-27-23(28)21-17-8-9-18(16-17)22(21)24(27)29/h2-3,6-7,17-18,28-29H,4-5,8-16H2,1H3. The van der Waals surface area contributed by atoms with Crippen LogP contribution in [0.4, 0.5) is 5.69 Å². The third-order valence-corrected chi connectivity index (χ3v) is 7.44. The Morgan fingerprint density at radius 1 is 0.900 bits per heavy atom. The zero-order valence-electron chi connectivity index (χ0n) is 17.9. The summed E-state index contributed by atoms with van der Waals surface area (Å²) in [5.74, 6) is 2.55. The molecule has 2 unspecified atom stereocenters. The molecule has 2 aromatic rings. The summed E-state index contributed by atoms with van der Waals surface area (Å²) < 4.78 is 7.27. The largest absolute Gasteiger partial charge is 0.495 e. The Balaban J connectivity index is 1.10. The normalized spacial score (nSPS) is 23.2. The molecule has 30 heavy (non-hydrogen) atoms. The van der Waals surface area contributed by atoms with Gasteiger partial charge in [0.15, 0.2) is 11.8 Å². The van der Waals surface area contributed by atoms with Crippen molar-refractivity contribution in [2.24, 2.45) is 0 Å². The van der Waals surface area contributed by atoms with E-state index in [2.05, 4.69) is 21.9 Å². The first kappa shape index (κ1) is 19.6. The van der Waals surface area contributed by atoms with Crippen molar-refractivity contribution in [1.29, 1.82) is 0 Å². The fourth-order valence-corrected chi connectivity index (χ4v) is 5.86. The molecule has 2 atom stereocenters. The summed E-state index contributed by atoms with van der Waals surface area (Å²) in [5, 5.41) is 21.3. The van der Waals surface area contributed by atoms with Crippen molar-refractivity contribution in [3.63, 3.8) is 0 Å². The van der Waals surface area contributed by atoms with Gasteiger partial charge >= 0.3 is 0 Å². The van der Waals surface area contributed by atoms with E-state index in [-0.39, 0.29) is 0 Å². The smallest absolute Gasteiger partial charge is 0.197 e. The van der Waals surface area contributed by atoms with Gasteiger partial charge in [-0.25, -0.2) is 0 Å². The number of nitrogens with zero attached hydrogens (tertiary/aromatic N) is 3. The Kier molecular flexibility index (Phi) is 5.27. The quantitative estimate of drug-likeness (QED) is 0.677. The fraction of sp³-hybridized carbons (Fsp3) is 0.583. The van der Waals surface area contributed by atoms with Crippen LogP contribution in [0.1, 0.15) is 55.1 Å². The Hall–Kier alpha value is -2.34. The van der Waals surface area contributed by atoms with Crippen LogP contribution in [0.2, 0.25) is 0 Å². The molecule has 2 N–H and O–H groups in total. The average molecular weight is 412 g/mol. The number of aromatic nitrogens is 1. The number of methoxy groups -OCH3 is 1. The zero-order chi connectivity index (χ0) is 20.7. The van der Waals surface area contributed by atoms with E-state index in [1.807, 2.05) is 12.1 Å². The summed E-state index contributed by atoms with van der Waals surface area (Å²) >= 11 is 0. The van der Waals surface area contributed by atoms with Crippen LogP contribution in [0.5, 0.6) is 17.5 Å². The van der Waals surface area contributed by atoms with Gasteiger partial charge in [-0.2, -0.15) is 0 Å². The van der Waals surface area contributed by atoms with Crippen LogP contribution in [-0.4, -0.2) is 59.5 Å². The van der Waals surface area contributed by atoms with Gasteiger partial charge in [-0.05, 0) is 62.6 Å². The SMILES string of the molecule is COc1ccccc1N1CCN(CCCCn2c(O)c3c(c2O)C2CCC3C2)CC1. The Morgan fingerprint density at radius 3 is 2.20 bits per heavy atom. The maximum atomic E-state index is 10.7. The van der Waals surface area contributed by atoms with E-state index in [0.29, 0.717) is 30.1 Å². The molecule has 3 aliphatic rings. The zero-order valence-corrected chi connectivity index (χ0v) is 17.9. The lowest BCUT2D eigenvalue weighted by molar-refractivity contribution is 0.249. The van der Waals surface area contributed by atoms with Gasteiger partial charge in [0.25, 0.3) is 0 Å². The third kappa shape index (κ3) is 3.31. The van der Waals surface area contributed by atoms with Gasteiger partial charge in [-0.3, -0.25) is 9.47 Å². The summed E-state index contributed by atoms with van der Waals surface area (Å²) in [5.41, 5.74) is 3.28. The number of fused-ring (bicyclic) bond motifs is 5. The van der Waals surface area contributed by atoms with Crippen molar-refractivity contribution < 1.29 is 14.9 Å². The number of hydrogen-bond acceptors (Lipinski definition) is 5. The van der Waals surface area contributed by atoms with E-state index in [0.717, 1.165) is 81.7 Å². The highest BCUT2D eigenvalue weighted by Gasteiger charge is 2.43. The Labute approximate surface area is 178 Å². The van der Waals surface area contributed by atoms with Gasteiger partial charge in [-0.1, -0.05) is 12.1 Å². The van der Waals surface area contributed by atoms with Gasteiger partial charge in [-0.15, -0.1) is 0 Å². The van der Waals surface area contributed by atoms with Crippen LogP contribution in [0, 0.1) is 0 Å². The molecule has 0 amide bonds. The lowest BCUT2D eigenvalue weighted by Gasteiger charge is -2.36. The van der Waals surface area contributed by atoms with Crippen molar-refractivity contribution in [3.8, 4) is 17.5 Å². The molecule has 5 rings (SSSR count). The molecule has 0 spiro atoms. The number of unbranched alkanes of at least 4 members (excludes halogenated alkanes) is 1. The first-order valence-corrected chi connectivity index (χ1v) is 11.4. The minimum Gasteiger partial charge on any atom is -0.495 e. The summed E-state index contributed by atoms with van der Waals surface area (Å²) in [6, 6.07) is 8.24. The first-order chi connectivity index (χ1) is 14.7. The molecule has 2 aliphatic carbocycles. The lowest BCUT2D eigenvalue weighted by atomic mass is 9.95. The topological polar surface area (TPSA) is 61.1 Å². The van der Waals surface area contributed by atoms with Crippen molar-refractivity contribution >= 4 is 5.69 Å². The van der Waals surface area contributed by atoms with Crippen LogP contribution in [-0.2, 0) is 6.54 Å². The molecule has 0 radical (unpaired) electrons. The van der Waals surface area contributed by atoms with Gasteiger partial charge in [0.1, 0.15) is 5.75 Å². The van der Waals surface area contributed by atoms with Crippen LogP contribution < -0.4 is 9.64 Å². The number of hydrogen-bond donors (Lipinski definition) is 2. The number of aromatic hydroxyl groups is 2. The lowest BCUT2D eigenvalue weighted by Crippen LogP contribution is -2.46. The van der Waals surface area contributed by atoms with E-state index in [4.69, 9.17) is 4.74 Å². The minimum atomic E-state index is 0.333. The number of benzene rings is 1. The van der Waals surface area contributed by atoms with E-state index in [1.165, 1.54) is 5.69 Å². The second kappa shape index (κ2) is 8.06. The van der Waals surface area contributed by atoms with Crippen LogP contribution >= 0.6 is 0 Å². The highest BCUT2D eigenvalue weighted by Crippen LogP contribution is 2.59. The molecule has 2 bridgehead atoms. The molecule has 2 heterocycles. The molecule has 2 fully saturated rings. The molecule has 6 heteroatoms. The number of para-hydroxylation sites is 2. The summed E-state index contributed by atoms with van der Waals surface area (Å²) in [4.78, 5) is 4.92. The predicted octanol–water partition coefficient (Wildman–Crippen LogP) is 3.88. The molecular formula is C24H33N3O3. The van der Waals surface area contributed by atoms with Gasteiger partial charge in [0, 0.05) is 43.9 Å². The average Bonchev–Trinajstić information content (AvgIpc) is 3.46. The predicted molar refractivity (Wildman–Crippen MR) is 118 cm³/mol. The maximum Gasteiger partial charge on any atom is 0.197 e. The van der Waals surface area contributed by atoms with Gasteiger partial charge in [0.05, 0.1) is 12.8 Å². The van der Waals surface area contributed by atoms with Crippen molar-refractivity contribution in [3.05, 3.63) is 35.4 Å². The number of piperazine rings is 1. The number of rotatable bonds is 7.